The molecule has 9 aromatic carbocycles. The molecule has 2 unspecified atom stereocenters. The number of hydrogen-bond acceptors (Lipinski definition) is 2. The Balaban J connectivity index is 0.931. The summed E-state index contributed by atoms with van der Waals surface area (Å²) in [5, 5.41) is 7.07. The van der Waals surface area contributed by atoms with Crippen LogP contribution in [0.5, 0.6) is 0 Å². The molecule has 4 heterocycles. The van der Waals surface area contributed by atoms with E-state index in [0.717, 1.165) is 55.6 Å². The highest BCUT2D eigenvalue weighted by molar-refractivity contribution is 6.13. The minimum Gasteiger partial charge on any atom is -0.456 e. The van der Waals surface area contributed by atoms with Gasteiger partial charge in [0.25, 0.3) is 0 Å². The van der Waals surface area contributed by atoms with Gasteiger partial charge in [-0.2, -0.15) is 0 Å². The van der Waals surface area contributed by atoms with Crippen LogP contribution in [-0.4, -0.2) is 15.2 Å². The van der Waals surface area contributed by atoms with Crippen molar-refractivity contribution in [3.63, 3.8) is 0 Å². The number of nitrogens with zero attached hydrogens (tertiary/aromatic N) is 3. The molecule has 1 aliphatic rings. The molecule has 0 fully saturated rings. The molecule has 12 aromatic rings. The maximum atomic E-state index is 6.54. The molecule has 0 spiro atoms. The Morgan fingerprint density at radius 3 is 1.62 bits per heavy atom. The van der Waals surface area contributed by atoms with Gasteiger partial charge in [-0.05, 0) is 119 Å². The number of furan rings is 1. The second-order valence-electron chi connectivity index (χ2n) is 16.9. The summed E-state index contributed by atoms with van der Waals surface area (Å²) in [6.45, 7) is 8.47. The van der Waals surface area contributed by atoms with Gasteiger partial charge < -0.3 is 18.5 Å². The van der Waals surface area contributed by atoms with Gasteiger partial charge in [-0.25, -0.2) is 0 Å². The summed E-state index contributed by atoms with van der Waals surface area (Å²) in [6, 6.07) is 72.6. The quantitative estimate of drug-likeness (QED) is 0.150. The van der Waals surface area contributed by atoms with E-state index >= 15 is 0 Å². The van der Waals surface area contributed by atoms with Gasteiger partial charge in [0.05, 0.1) is 28.1 Å². The molecule has 13 rings (SSSR count). The summed E-state index contributed by atoms with van der Waals surface area (Å²) < 4.78 is 11.3. The Hall–Kier alpha value is -8.34. The van der Waals surface area contributed by atoms with Gasteiger partial charge in [-0.1, -0.05) is 121 Å². The van der Waals surface area contributed by atoms with Crippen LogP contribution in [0.3, 0.4) is 0 Å². The number of rotatable bonds is 7. The topological polar surface area (TPSA) is 26.2 Å². The van der Waals surface area contributed by atoms with Crippen molar-refractivity contribution in [2.24, 2.45) is 0 Å². The third-order valence-electron chi connectivity index (χ3n) is 13.6. The van der Waals surface area contributed by atoms with Crippen LogP contribution in [0.1, 0.15) is 11.5 Å². The van der Waals surface area contributed by atoms with Crippen molar-refractivity contribution in [1.82, 2.24) is 9.13 Å². The van der Waals surface area contributed by atoms with E-state index in [-0.39, 0.29) is 12.0 Å². The Morgan fingerprint density at radius 2 is 0.906 bits per heavy atom. The predicted octanol–water partition coefficient (Wildman–Crippen LogP) is 16.1. The molecule has 0 N–H and O–H groups in total. The molecule has 2 atom stereocenters. The van der Waals surface area contributed by atoms with Crippen LogP contribution in [0.2, 0.25) is 0 Å². The van der Waals surface area contributed by atoms with E-state index in [1.54, 1.807) is 0 Å². The highest BCUT2D eigenvalue weighted by Crippen LogP contribution is 2.48. The first-order chi connectivity index (χ1) is 31.7. The molecule has 0 aliphatic carbocycles. The van der Waals surface area contributed by atoms with Crippen LogP contribution < -0.4 is 4.90 Å². The smallest absolute Gasteiger partial charge is 0.135 e. The molecule has 64 heavy (non-hydrogen) atoms. The lowest BCUT2D eigenvalue weighted by molar-refractivity contribution is 0.669. The molecule has 0 amide bonds. The van der Waals surface area contributed by atoms with Gasteiger partial charge in [-0.3, -0.25) is 0 Å². The number of aromatic nitrogens is 2. The molecular formula is C60H41N3O. The Bertz CT molecular complexity index is 3860. The van der Waals surface area contributed by atoms with Gasteiger partial charge in [0.2, 0.25) is 0 Å². The first-order valence-electron chi connectivity index (χ1n) is 22.0. The van der Waals surface area contributed by atoms with Gasteiger partial charge in [0.1, 0.15) is 11.2 Å². The van der Waals surface area contributed by atoms with Crippen molar-refractivity contribution in [3.05, 3.63) is 231 Å². The fraction of sp³-hybridized carbons (Fsp3) is 0.0333. The largest absolute Gasteiger partial charge is 0.456 e. The van der Waals surface area contributed by atoms with E-state index in [9.17, 15) is 0 Å². The molecule has 0 bridgehead atoms. The fourth-order valence-electron chi connectivity index (χ4n) is 10.8. The summed E-state index contributed by atoms with van der Waals surface area (Å²) in [5.74, 6) is 0.167. The summed E-state index contributed by atoms with van der Waals surface area (Å²) in [5.41, 5.74) is 17.0. The zero-order chi connectivity index (χ0) is 42.5. The lowest BCUT2D eigenvalue weighted by Crippen LogP contribution is -2.27. The van der Waals surface area contributed by atoms with Crippen molar-refractivity contribution in [1.29, 1.82) is 0 Å². The maximum absolute atomic E-state index is 6.54. The van der Waals surface area contributed by atoms with Crippen molar-refractivity contribution in [2.75, 3.05) is 4.90 Å². The third-order valence-corrected chi connectivity index (χ3v) is 13.6. The lowest BCUT2D eigenvalue weighted by Gasteiger charge is -2.27. The number of anilines is 2. The van der Waals surface area contributed by atoms with Crippen LogP contribution in [0, 0.1) is 0 Å². The van der Waals surface area contributed by atoms with Crippen LogP contribution in [0.15, 0.2) is 230 Å². The van der Waals surface area contributed by atoms with Crippen molar-refractivity contribution < 1.29 is 4.42 Å². The SMILES string of the molecule is C=CC1c2ccccc2N(c2ccc3c(c2)c2ccccc2n3-c2ccc3oc4ccc(-c5ccccc5-c5ccc6c(c5)c5ccccc5n6-c5ccccc5)cc4c3c2)C1C=C. The van der Waals surface area contributed by atoms with Gasteiger partial charge in [0, 0.05) is 61.0 Å². The maximum Gasteiger partial charge on any atom is 0.135 e. The van der Waals surface area contributed by atoms with Gasteiger partial charge in [-0.15, -0.1) is 13.2 Å². The van der Waals surface area contributed by atoms with Gasteiger partial charge >= 0.3 is 0 Å². The predicted molar refractivity (Wildman–Crippen MR) is 269 cm³/mol. The van der Waals surface area contributed by atoms with Crippen molar-refractivity contribution in [3.8, 4) is 33.6 Å². The minimum atomic E-state index is 0.0751. The molecule has 3 aromatic heterocycles. The standard InChI is InChI=1S/C60H41N3O/c1-3-43-46-20-10-13-23-54(46)62(53(43)4-2)41-28-31-58-50(36-41)48-22-12-15-25-56(48)63(58)42-29-33-60-52(37-42)51-35-39(27-32-59(51)64-60)45-19-9-8-18-44(45)38-26-30-57-49(34-38)47-21-11-14-24-55(47)61(57)40-16-6-5-7-17-40/h3-37,43,53H,1-2H2. The number of fused-ring (bicyclic) bond motifs is 10. The molecule has 0 saturated carbocycles. The normalized spacial score (nSPS) is 15.0. The zero-order valence-electron chi connectivity index (χ0n) is 35.0. The number of benzene rings is 9. The highest BCUT2D eigenvalue weighted by atomic mass is 16.3. The molecule has 4 nitrogen and oxygen atoms in total. The summed E-state index contributed by atoms with van der Waals surface area (Å²) in [6.07, 6.45) is 4.11. The van der Waals surface area contributed by atoms with Crippen molar-refractivity contribution in [2.45, 2.75) is 12.0 Å². The van der Waals surface area contributed by atoms with Crippen LogP contribution in [0.4, 0.5) is 11.4 Å². The third kappa shape index (κ3) is 5.29. The Labute approximate surface area is 370 Å². The highest BCUT2D eigenvalue weighted by Gasteiger charge is 2.36. The Morgan fingerprint density at radius 1 is 0.391 bits per heavy atom. The number of para-hydroxylation sites is 4. The second-order valence-corrected chi connectivity index (χ2v) is 16.9. The van der Waals surface area contributed by atoms with Gasteiger partial charge in [0.15, 0.2) is 0 Å². The van der Waals surface area contributed by atoms with E-state index in [2.05, 4.69) is 240 Å². The summed E-state index contributed by atoms with van der Waals surface area (Å²) in [4.78, 5) is 2.42. The number of hydrogen-bond donors (Lipinski definition) is 0. The van der Waals surface area contributed by atoms with E-state index in [0.29, 0.717) is 0 Å². The molecule has 0 radical (unpaired) electrons. The fourth-order valence-corrected chi connectivity index (χ4v) is 10.8. The molecule has 1 aliphatic heterocycles. The molecule has 4 heteroatoms. The summed E-state index contributed by atoms with van der Waals surface area (Å²) in [7, 11) is 0. The average Bonchev–Trinajstić information content (AvgIpc) is 4.09. The molecule has 302 valence electrons. The van der Waals surface area contributed by atoms with E-state index in [1.165, 1.54) is 60.5 Å². The Kier molecular flexibility index (Phi) is 8.00. The van der Waals surface area contributed by atoms with E-state index in [1.807, 2.05) is 0 Å². The molecular weight excluding hydrogens is 779 g/mol. The minimum absolute atomic E-state index is 0.0751. The first-order valence-corrected chi connectivity index (χ1v) is 22.0. The van der Waals surface area contributed by atoms with E-state index < -0.39 is 0 Å². The zero-order valence-corrected chi connectivity index (χ0v) is 35.0. The first kappa shape index (κ1) is 36.3. The van der Waals surface area contributed by atoms with Crippen LogP contribution in [-0.2, 0) is 0 Å². The average molecular weight is 820 g/mol. The second kappa shape index (κ2) is 14.1. The van der Waals surface area contributed by atoms with Crippen LogP contribution >= 0.6 is 0 Å². The van der Waals surface area contributed by atoms with E-state index in [4.69, 9.17) is 4.42 Å². The summed E-state index contributed by atoms with van der Waals surface area (Å²) >= 11 is 0. The lowest BCUT2D eigenvalue weighted by atomic mass is 9.93. The molecule has 0 saturated heterocycles. The monoisotopic (exact) mass is 819 g/mol. The van der Waals surface area contributed by atoms with Crippen molar-refractivity contribution >= 4 is 76.9 Å². The van der Waals surface area contributed by atoms with Crippen LogP contribution in [0.25, 0.3) is 99.2 Å².